The summed E-state index contributed by atoms with van der Waals surface area (Å²) in [6.45, 7) is 1.97. The largest absolute Gasteiger partial charge is 0.461 e. The third kappa shape index (κ3) is 3.31. The van der Waals surface area contributed by atoms with Crippen LogP contribution in [0.3, 0.4) is 0 Å². The van der Waals surface area contributed by atoms with E-state index in [2.05, 4.69) is 20.3 Å². The van der Waals surface area contributed by atoms with Crippen LogP contribution in [0.25, 0.3) is 0 Å². The topological polar surface area (TPSA) is 79.9 Å². The summed E-state index contributed by atoms with van der Waals surface area (Å²) in [6, 6.07) is 3.23. The summed E-state index contributed by atoms with van der Waals surface area (Å²) in [4.78, 5) is 22.2. The van der Waals surface area contributed by atoms with Crippen molar-refractivity contribution in [2.75, 3.05) is 11.9 Å². The van der Waals surface area contributed by atoms with Crippen LogP contribution >= 0.6 is 23.8 Å². The number of H-pyrrole nitrogens is 1. The van der Waals surface area contributed by atoms with Crippen molar-refractivity contribution >= 4 is 41.3 Å². The van der Waals surface area contributed by atoms with E-state index in [9.17, 15) is 4.79 Å². The number of anilines is 2. The van der Waals surface area contributed by atoms with Crippen molar-refractivity contribution in [1.29, 1.82) is 0 Å². The Morgan fingerprint density at radius 1 is 1.60 bits per heavy atom. The van der Waals surface area contributed by atoms with Gasteiger partial charge in [-0.1, -0.05) is 23.8 Å². The molecule has 0 bridgehead atoms. The van der Waals surface area contributed by atoms with Crippen LogP contribution in [0.2, 0.25) is 5.02 Å². The minimum absolute atomic E-state index is 0.131. The molecule has 8 heteroatoms. The third-order valence-corrected chi connectivity index (χ3v) is 2.94. The molecule has 0 aliphatic heterocycles. The van der Waals surface area contributed by atoms with Crippen molar-refractivity contribution in [3.8, 4) is 0 Å². The van der Waals surface area contributed by atoms with E-state index in [0.29, 0.717) is 16.1 Å². The molecule has 0 atom stereocenters. The monoisotopic (exact) mass is 310 g/mol. The number of nitrogens with zero attached hydrogens (tertiary/aromatic N) is 2. The van der Waals surface area contributed by atoms with Crippen molar-refractivity contribution in [2.24, 2.45) is 0 Å². The van der Waals surface area contributed by atoms with Gasteiger partial charge in [0.25, 0.3) is 0 Å². The first-order valence-corrected chi connectivity index (χ1v) is 6.53. The molecule has 0 aliphatic rings. The number of carbonyl (C=O) groups is 1. The van der Waals surface area contributed by atoms with Crippen LogP contribution in [0.5, 0.6) is 0 Å². The fraction of sp³-hybridized carbons (Fsp3) is 0.167. The fourth-order valence-corrected chi connectivity index (χ4v) is 1.90. The first-order chi connectivity index (χ1) is 9.61. The number of aromatic amines is 1. The number of pyridine rings is 1. The van der Waals surface area contributed by atoms with E-state index in [4.69, 9.17) is 28.6 Å². The second-order valence-corrected chi connectivity index (χ2v) is 4.49. The quantitative estimate of drug-likeness (QED) is 0.667. The Kier molecular flexibility index (Phi) is 4.65. The standard InChI is InChI=1S/C12H11ClN4O2S/c1-2-19-12(18)10-7(13)5-8(11(20)17-10)16-9-3-4-14-6-15-9/h3-6H,2H2,1H3,(H,17,20)(H,14,15,16). The highest BCUT2D eigenvalue weighted by Crippen LogP contribution is 2.23. The highest BCUT2D eigenvalue weighted by molar-refractivity contribution is 7.71. The summed E-state index contributed by atoms with van der Waals surface area (Å²) >= 11 is 11.2. The zero-order valence-corrected chi connectivity index (χ0v) is 12.1. The highest BCUT2D eigenvalue weighted by Gasteiger charge is 2.14. The molecule has 0 unspecified atom stereocenters. The molecule has 2 rings (SSSR count). The van der Waals surface area contributed by atoms with Gasteiger partial charge in [0.2, 0.25) is 0 Å². The maximum atomic E-state index is 11.7. The molecular weight excluding hydrogens is 300 g/mol. The molecule has 0 aromatic carbocycles. The zero-order chi connectivity index (χ0) is 14.5. The van der Waals surface area contributed by atoms with Gasteiger partial charge >= 0.3 is 5.97 Å². The third-order valence-electron chi connectivity index (χ3n) is 2.32. The van der Waals surface area contributed by atoms with E-state index < -0.39 is 5.97 Å². The van der Waals surface area contributed by atoms with Crippen LogP contribution in [0.1, 0.15) is 17.4 Å². The Bertz CT molecular complexity index is 675. The van der Waals surface area contributed by atoms with Crippen LogP contribution in [-0.4, -0.2) is 27.5 Å². The Labute approximate surface area is 125 Å². The molecule has 104 valence electrons. The normalized spacial score (nSPS) is 10.1. The lowest BCUT2D eigenvalue weighted by atomic mass is 10.3. The minimum Gasteiger partial charge on any atom is -0.461 e. The average molecular weight is 311 g/mol. The van der Waals surface area contributed by atoms with Gasteiger partial charge in [-0.15, -0.1) is 0 Å². The van der Waals surface area contributed by atoms with E-state index in [-0.39, 0.29) is 17.3 Å². The number of hydrogen-bond acceptors (Lipinski definition) is 6. The molecule has 2 aromatic rings. The summed E-state index contributed by atoms with van der Waals surface area (Å²) in [5.74, 6) is 0.0247. The lowest BCUT2D eigenvalue weighted by Crippen LogP contribution is -2.09. The Hall–Kier alpha value is -1.99. The Morgan fingerprint density at radius 3 is 3.05 bits per heavy atom. The second-order valence-electron chi connectivity index (χ2n) is 3.68. The molecule has 0 saturated heterocycles. The Balaban J connectivity index is 2.31. The van der Waals surface area contributed by atoms with E-state index in [1.807, 2.05) is 0 Å². The van der Waals surface area contributed by atoms with E-state index in [1.165, 1.54) is 6.33 Å². The average Bonchev–Trinajstić information content (AvgIpc) is 2.44. The van der Waals surface area contributed by atoms with Gasteiger partial charge in [-0.25, -0.2) is 14.8 Å². The Morgan fingerprint density at radius 2 is 2.40 bits per heavy atom. The van der Waals surface area contributed by atoms with Crippen molar-refractivity contribution in [3.63, 3.8) is 0 Å². The number of nitrogens with one attached hydrogen (secondary N) is 2. The molecule has 0 spiro atoms. The molecule has 2 heterocycles. The van der Waals surface area contributed by atoms with Gasteiger partial charge in [-0.05, 0) is 19.1 Å². The molecule has 0 fully saturated rings. The molecular formula is C12H11ClN4O2S. The van der Waals surface area contributed by atoms with Crippen LogP contribution in [-0.2, 0) is 4.74 Å². The maximum Gasteiger partial charge on any atom is 0.356 e. The van der Waals surface area contributed by atoms with Gasteiger partial charge in [-0.3, -0.25) is 0 Å². The van der Waals surface area contributed by atoms with Crippen molar-refractivity contribution in [2.45, 2.75) is 6.92 Å². The fourth-order valence-electron chi connectivity index (χ4n) is 1.45. The molecule has 0 radical (unpaired) electrons. The van der Waals surface area contributed by atoms with Crippen molar-refractivity contribution < 1.29 is 9.53 Å². The van der Waals surface area contributed by atoms with Crippen molar-refractivity contribution in [1.82, 2.24) is 15.0 Å². The molecule has 6 nitrogen and oxygen atoms in total. The first kappa shape index (κ1) is 14.4. The number of carbonyl (C=O) groups excluding carboxylic acids is 1. The summed E-state index contributed by atoms with van der Waals surface area (Å²) in [6.07, 6.45) is 3.00. The number of aromatic nitrogens is 3. The second kappa shape index (κ2) is 6.44. The van der Waals surface area contributed by atoms with E-state index in [0.717, 1.165) is 0 Å². The summed E-state index contributed by atoms with van der Waals surface area (Å²) < 4.78 is 5.21. The van der Waals surface area contributed by atoms with Gasteiger partial charge in [0.1, 0.15) is 22.5 Å². The number of rotatable bonds is 4. The molecule has 20 heavy (non-hydrogen) atoms. The van der Waals surface area contributed by atoms with Gasteiger partial charge < -0.3 is 15.0 Å². The SMILES string of the molecule is CCOC(=O)c1[nH]c(=S)c(Nc2ccncn2)cc1Cl. The van der Waals surface area contributed by atoms with Crippen molar-refractivity contribution in [3.05, 3.63) is 40.0 Å². The number of hydrogen-bond donors (Lipinski definition) is 2. The summed E-state index contributed by atoms with van der Waals surface area (Å²) in [7, 11) is 0. The van der Waals surface area contributed by atoms with E-state index >= 15 is 0 Å². The van der Waals surface area contributed by atoms with Gasteiger partial charge in [0, 0.05) is 6.20 Å². The number of esters is 1. The smallest absolute Gasteiger partial charge is 0.356 e. The number of halogens is 1. The predicted octanol–water partition coefficient (Wildman–Crippen LogP) is 3.11. The highest BCUT2D eigenvalue weighted by atomic mass is 35.5. The molecule has 0 saturated carbocycles. The van der Waals surface area contributed by atoms with Crippen LogP contribution in [0.15, 0.2) is 24.7 Å². The number of ether oxygens (including phenoxy) is 1. The van der Waals surface area contributed by atoms with Crippen LogP contribution in [0.4, 0.5) is 11.5 Å². The van der Waals surface area contributed by atoms with Gasteiger partial charge in [-0.2, -0.15) is 0 Å². The molecule has 2 N–H and O–H groups in total. The first-order valence-electron chi connectivity index (χ1n) is 5.74. The summed E-state index contributed by atoms with van der Waals surface area (Å²) in [5, 5.41) is 3.20. The molecule has 2 aromatic heterocycles. The van der Waals surface area contributed by atoms with Gasteiger partial charge in [0.05, 0.1) is 17.3 Å². The van der Waals surface area contributed by atoms with E-state index in [1.54, 1.807) is 25.3 Å². The van der Waals surface area contributed by atoms with Crippen LogP contribution in [0, 0.1) is 4.64 Å². The minimum atomic E-state index is -0.544. The lowest BCUT2D eigenvalue weighted by Gasteiger charge is -2.09. The maximum absolute atomic E-state index is 11.7. The van der Waals surface area contributed by atoms with Crippen LogP contribution < -0.4 is 5.32 Å². The molecule has 0 aliphatic carbocycles. The lowest BCUT2D eigenvalue weighted by molar-refractivity contribution is 0.0519. The van der Waals surface area contributed by atoms with Gasteiger partial charge in [0.15, 0.2) is 0 Å². The predicted molar refractivity (Wildman–Crippen MR) is 77.9 cm³/mol. The summed E-state index contributed by atoms with van der Waals surface area (Å²) in [5.41, 5.74) is 0.670. The molecule has 0 amide bonds. The zero-order valence-electron chi connectivity index (χ0n) is 10.5.